The molecule has 2 rings (SSSR count). The summed E-state index contributed by atoms with van der Waals surface area (Å²) in [6.45, 7) is 9.28. The predicted molar refractivity (Wildman–Crippen MR) is 78.5 cm³/mol. The van der Waals surface area contributed by atoms with Gasteiger partial charge in [0.05, 0.1) is 13.1 Å². The quantitative estimate of drug-likeness (QED) is 0.850. The fourth-order valence-electron chi connectivity index (χ4n) is 2.81. The van der Waals surface area contributed by atoms with Crippen molar-refractivity contribution >= 4 is 11.6 Å². The standard InChI is InChI=1S/C16H24N2O/c1-12-5-4-8-18(10-12)11-16(19)17-15-7-6-13(2)14(3)9-15/h6-7,9,12H,4-5,8,10-11H2,1-3H3,(H,17,19)/p+1/t12-/m1/s1. The number of piperidine rings is 1. The molecule has 0 aliphatic carbocycles. The molecule has 1 aromatic rings. The van der Waals surface area contributed by atoms with Crippen LogP contribution in [0.2, 0.25) is 0 Å². The van der Waals surface area contributed by atoms with Crippen LogP contribution in [-0.2, 0) is 4.79 Å². The maximum atomic E-state index is 12.1. The van der Waals surface area contributed by atoms with E-state index in [0.717, 1.165) is 24.7 Å². The summed E-state index contributed by atoms with van der Waals surface area (Å²) in [6.07, 6.45) is 2.55. The molecule has 1 unspecified atom stereocenters. The first-order chi connectivity index (χ1) is 9.04. The van der Waals surface area contributed by atoms with E-state index in [9.17, 15) is 4.79 Å². The van der Waals surface area contributed by atoms with Gasteiger partial charge in [-0.25, -0.2) is 0 Å². The van der Waals surface area contributed by atoms with Gasteiger partial charge in [-0.2, -0.15) is 0 Å². The number of benzene rings is 1. The van der Waals surface area contributed by atoms with Gasteiger partial charge in [-0.3, -0.25) is 4.79 Å². The number of aryl methyl sites for hydroxylation is 2. The van der Waals surface area contributed by atoms with Crippen LogP contribution in [0, 0.1) is 19.8 Å². The molecule has 2 atom stereocenters. The molecule has 0 saturated carbocycles. The summed E-state index contributed by atoms with van der Waals surface area (Å²) in [4.78, 5) is 13.5. The average molecular weight is 261 g/mol. The minimum Gasteiger partial charge on any atom is -0.327 e. The second-order valence-corrected chi connectivity index (χ2v) is 5.98. The molecular formula is C16H25N2O+. The van der Waals surface area contributed by atoms with Crippen LogP contribution in [0.15, 0.2) is 18.2 Å². The smallest absolute Gasteiger partial charge is 0.279 e. The highest BCUT2D eigenvalue weighted by molar-refractivity contribution is 5.91. The molecule has 1 saturated heterocycles. The fourth-order valence-corrected chi connectivity index (χ4v) is 2.81. The van der Waals surface area contributed by atoms with Crippen molar-refractivity contribution in [2.45, 2.75) is 33.6 Å². The molecule has 1 aromatic carbocycles. The summed E-state index contributed by atoms with van der Waals surface area (Å²) < 4.78 is 0. The summed E-state index contributed by atoms with van der Waals surface area (Å²) in [5, 5.41) is 3.01. The van der Waals surface area contributed by atoms with Crippen molar-refractivity contribution in [2.24, 2.45) is 5.92 Å². The zero-order valence-electron chi connectivity index (χ0n) is 12.3. The van der Waals surface area contributed by atoms with E-state index in [-0.39, 0.29) is 5.91 Å². The SMILES string of the molecule is Cc1ccc(NC(=O)C[NH+]2CCC[C@@H](C)C2)cc1C. The van der Waals surface area contributed by atoms with E-state index in [4.69, 9.17) is 0 Å². The lowest BCUT2D eigenvalue weighted by Gasteiger charge is -2.27. The Balaban J connectivity index is 1.88. The van der Waals surface area contributed by atoms with Crippen molar-refractivity contribution < 1.29 is 9.69 Å². The lowest BCUT2D eigenvalue weighted by molar-refractivity contribution is -0.900. The number of anilines is 1. The van der Waals surface area contributed by atoms with Crippen molar-refractivity contribution in [3.63, 3.8) is 0 Å². The monoisotopic (exact) mass is 261 g/mol. The van der Waals surface area contributed by atoms with Crippen LogP contribution >= 0.6 is 0 Å². The predicted octanol–water partition coefficient (Wildman–Crippen LogP) is 1.56. The summed E-state index contributed by atoms with van der Waals surface area (Å²) in [7, 11) is 0. The molecule has 1 amide bonds. The molecule has 0 spiro atoms. The molecule has 1 heterocycles. The first kappa shape index (κ1) is 14.1. The Bertz CT molecular complexity index is 456. The molecule has 19 heavy (non-hydrogen) atoms. The van der Waals surface area contributed by atoms with Gasteiger partial charge in [-0.1, -0.05) is 13.0 Å². The third kappa shape index (κ3) is 4.06. The molecule has 104 valence electrons. The van der Waals surface area contributed by atoms with Crippen molar-refractivity contribution in [2.75, 3.05) is 25.0 Å². The Hall–Kier alpha value is -1.35. The van der Waals surface area contributed by atoms with E-state index in [1.165, 1.54) is 28.9 Å². The van der Waals surface area contributed by atoms with Gasteiger partial charge in [-0.15, -0.1) is 0 Å². The van der Waals surface area contributed by atoms with Crippen LogP contribution in [0.25, 0.3) is 0 Å². The van der Waals surface area contributed by atoms with Crippen LogP contribution in [0.1, 0.15) is 30.9 Å². The number of quaternary nitrogens is 1. The van der Waals surface area contributed by atoms with Gasteiger partial charge in [0.2, 0.25) is 0 Å². The first-order valence-corrected chi connectivity index (χ1v) is 7.25. The average Bonchev–Trinajstić information content (AvgIpc) is 2.34. The van der Waals surface area contributed by atoms with Gasteiger partial charge >= 0.3 is 0 Å². The highest BCUT2D eigenvalue weighted by Crippen LogP contribution is 2.13. The minimum atomic E-state index is 0.132. The van der Waals surface area contributed by atoms with E-state index < -0.39 is 0 Å². The normalized spacial score (nSPS) is 23.1. The molecule has 3 nitrogen and oxygen atoms in total. The fraction of sp³-hybridized carbons (Fsp3) is 0.562. The van der Waals surface area contributed by atoms with E-state index in [2.05, 4.69) is 32.2 Å². The summed E-state index contributed by atoms with van der Waals surface area (Å²) >= 11 is 0. The Morgan fingerprint density at radius 3 is 2.84 bits per heavy atom. The largest absolute Gasteiger partial charge is 0.327 e. The number of amides is 1. The van der Waals surface area contributed by atoms with E-state index >= 15 is 0 Å². The lowest BCUT2D eigenvalue weighted by atomic mass is 10.0. The Morgan fingerprint density at radius 2 is 2.16 bits per heavy atom. The van der Waals surface area contributed by atoms with E-state index in [1.807, 2.05) is 12.1 Å². The van der Waals surface area contributed by atoms with Crippen LogP contribution in [0.3, 0.4) is 0 Å². The number of carbonyl (C=O) groups is 1. The Kier molecular flexibility index (Phi) is 4.59. The molecule has 2 N–H and O–H groups in total. The number of carbonyl (C=O) groups excluding carboxylic acids is 1. The maximum Gasteiger partial charge on any atom is 0.279 e. The molecule has 1 fully saturated rings. The molecular weight excluding hydrogens is 236 g/mol. The third-order valence-corrected chi connectivity index (χ3v) is 4.07. The number of likely N-dealkylation sites (tertiary alicyclic amines) is 1. The molecule has 0 bridgehead atoms. The number of rotatable bonds is 3. The molecule has 0 radical (unpaired) electrons. The van der Waals surface area contributed by atoms with Gasteiger partial charge in [0.25, 0.3) is 5.91 Å². The van der Waals surface area contributed by atoms with Crippen LogP contribution in [-0.4, -0.2) is 25.5 Å². The van der Waals surface area contributed by atoms with Gasteiger partial charge < -0.3 is 10.2 Å². The minimum absolute atomic E-state index is 0.132. The van der Waals surface area contributed by atoms with E-state index in [0.29, 0.717) is 6.54 Å². The third-order valence-electron chi connectivity index (χ3n) is 4.07. The second kappa shape index (κ2) is 6.20. The van der Waals surface area contributed by atoms with Gasteiger partial charge in [0.15, 0.2) is 6.54 Å². The van der Waals surface area contributed by atoms with E-state index in [1.54, 1.807) is 0 Å². The van der Waals surface area contributed by atoms with Gasteiger partial charge in [0, 0.05) is 11.6 Å². The number of hydrogen-bond donors (Lipinski definition) is 2. The molecule has 0 aromatic heterocycles. The van der Waals surface area contributed by atoms with Crippen molar-refractivity contribution in [3.8, 4) is 0 Å². The van der Waals surface area contributed by atoms with Crippen LogP contribution in [0.5, 0.6) is 0 Å². The number of nitrogens with one attached hydrogen (secondary N) is 2. The zero-order chi connectivity index (χ0) is 13.8. The lowest BCUT2D eigenvalue weighted by Crippen LogP contribution is -3.14. The van der Waals surface area contributed by atoms with Crippen LogP contribution < -0.4 is 10.2 Å². The van der Waals surface area contributed by atoms with Crippen molar-refractivity contribution in [1.82, 2.24) is 0 Å². The summed E-state index contributed by atoms with van der Waals surface area (Å²) in [5.41, 5.74) is 3.39. The zero-order valence-corrected chi connectivity index (χ0v) is 12.3. The molecule has 3 heteroatoms. The van der Waals surface area contributed by atoms with Gasteiger partial charge in [-0.05, 0) is 49.9 Å². The van der Waals surface area contributed by atoms with Crippen molar-refractivity contribution in [1.29, 1.82) is 0 Å². The van der Waals surface area contributed by atoms with Gasteiger partial charge in [0.1, 0.15) is 0 Å². The maximum absolute atomic E-state index is 12.1. The Labute approximate surface area is 116 Å². The first-order valence-electron chi connectivity index (χ1n) is 7.25. The van der Waals surface area contributed by atoms with Crippen molar-refractivity contribution in [3.05, 3.63) is 29.3 Å². The summed E-state index contributed by atoms with van der Waals surface area (Å²) in [6, 6.07) is 6.08. The Morgan fingerprint density at radius 1 is 1.37 bits per heavy atom. The topological polar surface area (TPSA) is 33.5 Å². The molecule has 1 aliphatic rings. The molecule has 1 aliphatic heterocycles. The summed E-state index contributed by atoms with van der Waals surface area (Å²) in [5.74, 6) is 0.880. The highest BCUT2D eigenvalue weighted by atomic mass is 16.2. The number of hydrogen-bond acceptors (Lipinski definition) is 1. The second-order valence-electron chi connectivity index (χ2n) is 5.98. The highest BCUT2D eigenvalue weighted by Gasteiger charge is 2.21. The van der Waals surface area contributed by atoms with Crippen LogP contribution in [0.4, 0.5) is 5.69 Å².